The first-order valence-corrected chi connectivity index (χ1v) is 14.4. The van der Waals surface area contributed by atoms with E-state index in [1.54, 1.807) is 0 Å². The molecule has 0 bridgehead atoms. The van der Waals surface area contributed by atoms with Gasteiger partial charge in [-0.05, 0) is 51.1 Å². The Hall–Kier alpha value is -4.64. The summed E-state index contributed by atoms with van der Waals surface area (Å²) in [6, 6.07) is 37.4. The standard InChI is InChI=1S/C19H16O2.C19H14O2/c2*20-19(13-6-2-1-3-7-13)18-16-9-5-4-8-14(16)10-15-11-21-12-17(15)18/h1-9,15H,10-12H2;1-10H,11-12H2. The predicted molar refractivity (Wildman–Crippen MR) is 164 cm³/mol. The van der Waals surface area contributed by atoms with E-state index in [0.29, 0.717) is 25.7 Å². The normalized spacial score (nSPS) is 16.7. The van der Waals surface area contributed by atoms with Crippen LogP contribution in [0.3, 0.4) is 0 Å². The Morgan fingerprint density at radius 2 is 1.29 bits per heavy atom. The van der Waals surface area contributed by atoms with Crippen LogP contribution in [0.15, 0.2) is 121 Å². The third-order valence-electron chi connectivity index (χ3n) is 8.42. The van der Waals surface area contributed by atoms with Gasteiger partial charge >= 0.3 is 0 Å². The van der Waals surface area contributed by atoms with Crippen LogP contribution < -0.4 is 0 Å². The molecule has 1 aliphatic carbocycles. The maximum absolute atomic E-state index is 13.0. The fraction of sp³-hybridized carbons (Fsp3) is 0.158. The van der Waals surface area contributed by atoms with Gasteiger partial charge < -0.3 is 9.47 Å². The molecule has 206 valence electrons. The fourth-order valence-corrected chi connectivity index (χ4v) is 6.37. The zero-order valence-corrected chi connectivity index (χ0v) is 23.2. The van der Waals surface area contributed by atoms with Crippen molar-refractivity contribution in [1.82, 2.24) is 0 Å². The van der Waals surface area contributed by atoms with Crippen molar-refractivity contribution in [3.8, 4) is 0 Å². The molecule has 1 saturated heterocycles. The molecule has 0 saturated carbocycles. The van der Waals surface area contributed by atoms with Gasteiger partial charge in [-0.25, -0.2) is 0 Å². The van der Waals surface area contributed by atoms with Crippen molar-refractivity contribution in [2.75, 3.05) is 13.2 Å². The number of allylic oxidation sites excluding steroid dienone is 1. The van der Waals surface area contributed by atoms with Gasteiger partial charge in [0.25, 0.3) is 0 Å². The van der Waals surface area contributed by atoms with E-state index in [2.05, 4.69) is 24.3 Å². The molecule has 3 aliphatic rings. The van der Waals surface area contributed by atoms with Crippen molar-refractivity contribution in [2.45, 2.75) is 19.6 Å². The molecule has 4 nitrogen and oxygen atoms in total. The van der Waals surface area contributed by atoms with Crippen molar-refractivity contribution in [1.29, 1.82) is 0 Å². The van der Waals surface area contributed by atoms with Crippen molar-refractivity contribution >= 4 is 27.9 Å². The summed E-state index contributed by atoms with van der Waals surface area (Å²) in [5, 5.41) is 2.11. The summed E-state index contributed by atoms with van der Waals surface area (Å²) in [7, 11) is 0. The summed E-state index contributed by atoms with van der Waals surface area (Å²) in [4.78, 5) is 26.0. The number of ketones is 2. The van der Waals surface area contributed by atoms with Crippen LogP contribution in [0.1, 0.15) is 48.5 Å². The largest absolute Gasteiger partial charge is 0.376 e. The van der Waals surface area contributed by atoms with Gasteiger partial charge in [0.05, 0.1) is 26.4 Å². The highest BCUT2D eigenvalue weighted by molar-refractivity contribution is 6.30. The number of hydrogen-bond acceptors (Lipinski definition) is 4. The van der Waals surface area contributed by atoms with Gasteiger partial charge in [-0.3, -0.25) is 9.59 Å². The van der Waals surface area contributed by atoms with Gasteiger partial charge in [0.15, 0.2) is 11.6 Å². The number of carbonyl (C=O) groups excluding carboxylic acids is 2. The van der Waals surface area contributed by atoms with Crippen LogP contribution in [0.5, 0.6) is 0 Å². The molecule has 0 aromatic heterocycles. The average molecular weight is 551 g/mol. The van der Waals surface area contributed by atoms with Gasteiger partial charge in [-0.2, -0.15) is 0 Å². The van der Waals surface area contributed by atoms with Crippen LogP contribution >= 0.6 is 0 Å². The van der Waals surface area contributed by atoms with Crippen LogP contribution in [0.25, 0.3) is 16.3 Å². The average Bonchev–Trinajstić information content (AvgIpc) is 3.72. The first-order valence-electron chi connectivity index (χ1n) is 14.4. The zero-order valence-electron chi connectivity index (χ0n) is 23.2. The Balaban J connectivity index is 0.000000137. The number of rotatable bonds is 4. The molecule has 1 atom stereocenters. The molecule has 0 amide bonds. The summed E-state index contributed by atoms with van der Waals surface area (Å²) in [6.07, 6.45) is 0.983. The minimum absolute atomic E-state index is 0.0779. The van der Waals surface area contributed by atoms with E-state index >= 15 is 0 Å². The summed E-state index contributed by atoms with van der Waals surface area (Å²) in [5.74, 6) is 0.560. The lowest BCUT2D eigenvalue weighted by Crippen LogP contribution is -2.19. The van der Waals surface area contributed by atoms with Gasteiger partial charge in [-0.1, -0.05) is 109 Å². The summed E-state index contributed by atoms with van der Waals surface area (Å²) in [5.41, 5.74) is 8.85. The Labute approximate surface area is 245 Å². The number of fused-ring (bicyclic) bond motifs is 4. The van der Waals surface area contributed by atoms with E-state index < -0.39 is 0 Å². The fourth-order valence-electron chi connectivity index (χ4n) is 6.37. The second-order valence-electron chi connectivity index (χ2n) is 11.0. The first-order chi connectivity index (χ1) is 20.7. The number of benzene rings is 5. The SMILES string of the molecule is O=C(C1=C2COCC2Cc2ccccc21)c1ccccc1.O=C(c1ccccc1)c1c2c(cc3ccccc13)COC2. The molecule has 1 fully saturated rings. The quantitative estimate of drug-likeness (QED) is 0.216. The second-order valence-corrected chi connectivity index (χ2v) is 11.0. The summed E-state index contributed by atoms with van der Waals surface area (Å²) < 4.78 is 11.2. The Morgan fingerprint density at radius 1 is 0.619 bits per heavy atom. The molecule has 2 aliphatic heterocycles. The van der Waals surface area contributed by atoms with E-state index in [0.717, 1.165) is 62.8 Å². The topological polar surface area (TPSA) is 52.6 Å². The van der Waals surface area contributed by atoms with Gasteiger partial charge in [0.1, 0.15) is 0 Å². The Morgan fingerprint density at radius 3 is 2.07 bits per heavy atom. The maximum atomic E-state index is 13.0. The molecule has 1 unspecified atom stereocenters. The lowest BCUT2D eigenvalue weighted by molar-refractivity contribution is 0.103. The number of carbonyl (C=O) groups is 2. The minimum atomic E-state index is 0.0779. The van der Waals surface area contributed by atoms with Gasteiger partial charge in [0.2, 0.25) is 0 Å². The van der Waals surface area contributed by atoms with E-state index in [4.69, 9.17) is 9.47 Å². The van der Waals surface area contributed by atoms with Gasteiger partial charge in [-0.15, -0.1) is 0 Å². The van der Waals surface area contributed by atoms with E-state index in [1.807, 2.05) is 91.0 Å². The Kier molecular flexibility index (Phi) is 7.08. The lowest BCUT2D eigenvalue weighted by Gasteiger charge is -2.24. The molecular weight excluding hydrogens is 520 g/mol. The van der Waals surface area contributed by atoms with E-state index in [1.165, 1.54) is 11.1 Å². The van der Waals surface area contributed by atoms with E-state index in [9.17, 15) is 9.59 Å². The van der Waals surface area contributed by atoms with Crippen LogP contribution in [0.2, 0.25) is 0 Å². The molecule has 5 aromatic rings. The lowest BCUT2D eigenvalue weighted by atomic mass is 9.78. The third-order valence-corrected chi connectivity index (χ3v) is 8.42. The molecule has 0 spiro atoms. The first kappa shape index (κ1) is 26.3. The minimum Gasteiger partial charge on any atom is -0.376 e. The van der Waals surface area contributed by atoms with Gasteiger partial charge in [0, 0.05) is 28.2 Å². The molecular formula is C38H30O4. The molecule has 8 rings (SSSR count). The Bertz CT molecular complexity index is 1840. The van der Waals surface area contributed by atoms with Crippen molar-refractivity contribution in [2.24, 2.45) is 5.92 Å². The molecule has 4 heteroatoms. The number of Topliss-reactive ketones (excluding diaryl/α,β-unsaturated/α-hetero) is 1. The summed E-state index contributed by atoms with van der Waals surface area (Å²) >= 11 is 0. The van der Waals surface area contributed by atoms with Crippen LogP contribution in [0.4, 0.5) is 0 Å². The van der Waals surface area contributed by atoms with Crippen molar-refractivity contribution < 1.29 is 19.1 Å². The highest BCUT2D eigenvalue weighted by atomic mass is 16.5. The highest BCUT2D eigenvalue weighted by Gasteiger charge is 2.34. The monoisotopic (exact) mass is 550 g/mol. The van der Waals surface area contributed by atoms with Crippen molar-refractivity contribution in [3.63, 3.8) is 0 Å². The number of hydrogen-bond donors (Lipinski definition) is 0. The number of ether oxygens (including phenoxy) is 2. The third kappa shape index (κ3) is 4.79. The molecule has 0 radical (unpaired) electrons. The second kappa shape index (κ2) is 11.3. The molecule has 42 heavy (non-hydrogen) atoms. The molecule has 5 aromatic carbocycles. The zero-order chi connectivity index (χ0) is 28.5. The molecule has 0 N–H and O–H groups in total. The van der Waals surface area contributed by atoms with Crippen LogP contribution in [-0.2, 0) is 29.1 Å². The van der Waals surface area contributed by atoms with Crippen LogP contribution in [-0.4, -0.2) is 24.8 Å². The van der Waals surface area contributed by atoms with E-state index in [-0.39, 0.29) is 11.6 Å². The summed E-state index contributed by atoms with van der Waals surface area (Å²) in [6.45, 7) is 2.44. The van der Waals surface area contributed by atoms with Crippen molar-refractivity contribution in [3.05, 3.63) is 160 Å². The predicted octanol–water partition coefficient (Wildman–Crippen LogP) is 7.63. The van der Waals surface area contributed by atoms with Crippen LogP contribution in [0, 0.1) is 5.92 Å². The molecule has 2 heterocycles. The highest BCUT2D eigenvalue weighted by Crippen LogP contribution is 2.39. The smallest absolute Gasteiger partial charge is 0.194 e. The maximum Gasteiger partial charge on any atom is 0.194 e.